The van der Waals surface area contributed by atoms with E-state index in [9.17, 15) is 33.9 Å². The number of carbonyl (C=O) groups excluding carboxylic acids is 5. The molecule has 12 N–H and O–H groups in total. The molecule has 1 rings (SSSR count). The van der Waals surface area contributed by atoms with Crippen LogP contribution in [-0.4, -0.2) is 86.5 Å². The number of nitrogens with one attached hydrogen (secondary N) is 4. The summed E-state index contributed by atoms with van der Waals surface area (Å²) in [6, 6.07) is -5.75. The Labute approximate surface area is 193 Å². The zero-order chi connectivity index (χ0) is 25.8. The van der Waals surface area contributed by atoms with Gasteiger partial charge in [0.15, 0.2) is 0 Å². The van der Waals surface area contributed by atoms with E-state index in [1.54, 1.807) is 0 Å². The van der Waals surface area contributed by atoms with E-state index in [0.29, 0.717) is 5.69 Å². The minimum atomic E-state index is -1.68. The van der Waals surface area contributed by atoms with Crippen LogP contribution < -0.4 is 33.2 Å². The SMILES string of the molecule is NC(=O)CCC(NC(=O)C(Cc1cnc[nH]1)NC(=O)C(N)CO)C(=O)NC(CC(N)=O)C(=O)O. The van der Waals surface area contributed by atoms with Gasteiger partial charge in [0, 0.05) is 24.7 Å². The number of nitrogens with zero attached hydrogens (tertiary/aromatic N) is 1. The zero-order valence-corrected chi connectivity index (χ0v) is 18.0. The second-order valence-electron chi connectivity index (χ2n) is 7.27. The van der Waals surface area contributed by atoms with Crippen molar-refractivity contribution in [3.8, 4) is 0 Å². The van der Waals surface area contributed by atoms with Crippen molar-refractivity contribution < 1.29 is 39.0 Å². The van der Waals surface area contributed by atoms with Crippen molar-refractivity contribution >= 4 is 35.5 Å². The summed E-state index contributed by atoms with van der Waals surface area (Å²) in [5, 5.41) is 25.0. The Morgan fingerprint density at radius 1 is 0.941 bits per heavy atom. The number of amides is 5. The number of carboxylic acids is 1. The Hall–Kier alpha value is -4.05. The topological polar surface area (TPSA) is 286 Å². The third-order valence-electron chi connectivity index (χ3n) is 4.48. The Bertz CT molecular complexity index is 891. The molecule has 0 spiro atoms. The second-order valence-corrected chi connectivity index (χ2v) is 7.27. The fraction of sp³-hybridized carbons (Fsp3) is 0.500. The lowest BCUT2D eigenvalue weighted by Gasteiger charge is -2.24. The molecule has 1 heterocycles. The molecule has 0 aliphatic heterocycles. The average molecular weight is 484 g/mol. The number of imidazole rings is 1. The van der Waals surface area contributed by atoms with Gasteiger partial charge in [-0.2, -0.15) is 0 Å². The van der Waals surface area contributed by atoms with Gasteiger partial charge in [-0.3, -0.25) is 24.0 Å². The number of primary amides is 2. The van der Waals surface area contributed by atoms with E-state index in [4.69, 9.17) is 22.3 Å². The number of carboxylic acid groups (broad SMARTS) is 1. The molecule has 4 unspecified atom stereocenters. The lowest BCUT2D eigenvalue weighted by atomic mass is 10.1. The predicted octanol–water partition coefficient (Wildman–Crippen LogP) is -5.05. The molecule has 0 radical (unpaired) electrons. The van der Waals surface area contributed by atoms with Crippen molar-refractivity contribution in [1.82, 2.24) is 25.9 Å². The summed E-state index contributed by atoms with van der Waals surface area (Å²) in [6.45, 7) is -0.690. The number of H-pyrrole nitrogens is 1. The predicted molar refractivity (Wildman–Crippen MR) is 113 cm³/mol. The molecule has 0 fully saturated rings. The van der Waals surface area contributed by atoms with Gasteiger partial charge in [0.05, 0.1) is 19.4 Å². The molecule has 5 amide bonds. The minimum Gasteiger partial charge on any atom is -0.480 e. The zero-order valence-electron chi connectivity index (χ0n) is 18.0. The van der Waals surface area contributed by atoms with Crippen LogP contribution in [0.1, 0.15) is 25.0 Å². The summed E-state index contributed by atoms with van der Waals surface area (Å²) in [6.07, 6.45) is 1.24. The van der Waals surface area contributed by atoms with Gasteiger partial charge in [-0.15, -0.1) is 0 Å². The normalized spacial score (nSPS) is 14.2. The first kappa shape index (κ1) is 28.0. The Kier molecular flexibility index (Phi) is 11.1. The van der Waals surface area contributed by atoms with E-state index in [2.05, 4.69) is 25.9 Å². The molecule has 4 atom stereocenters. The first-order valence-electron chi connectivity index (χ1n) is 9.98. The van der Waals surface area contributed by atoms with Crippen molar-refractivity contribution in [2.75, 3.05) is 6.61 Å². The molecule has 0 aliphatic rings. The number of nitrogens with two attached hydrogens (primary N) is 3. The number of aromatic amines is 1. The molecule has 1 aromatic heterocycles. The number of aliphatic carboxylic acids is 1. The summed E-state index contributed by atoms with van der Waals surface area (Å²) < 4.78 is 0. The van der Waals surface area contributed by atoms with Gasteiger partial charge >= 0.3 is 5.97 Å². The number of carbonyl (C=O) groups is 6. The maximum Gasteiger partial charge on any atom is 0.326 e. The van der Waals surface area contributed by atoms with Crippen LogP contribution in [0.4, 0.5) is 0 Å². The summed E-state index contributed by atoms with van der Waals surface area (Å²) in [4.78, 5) is 77.8. The van der Waals surface area contributed by atoms with Gasteiger partial charge in [-0.1, -0.05) is 0 Å². The number of rotatable bonds is 15. The molecule has 0 bridgehead atoms. The smallest absolute Gasteiger partial charge is 0.326 e. The standard InChI is InChI=1S/C18H28N8O8/c19-9(6-27)15(30)25-11(3-8-5-22-7-23-8)17(32)24-10(1-2-13(20)28)16(31)26-12(18(33)34)4-14(21)29/h5,7,9-12,27H,1-4,6,19H2,(H2,20,28)(H2,21,29)(H,22,23)(H,24,32)(H,25,30)(H,26,31)(H,33,34). The molecular formula is C18H28N8O8. The van der Waals surface area contributed by atoms with Crippen molar-refractivity contribution in [2.24, 2.45) is 17.2 Å². The third kappa shape index (κ3) is 9.61. The molecule has 16 nitrogen and oxygen atoms in total. The lowest BCUT2D eigenvalue weighted by Crippen LogP contribution is -2.58. The first-order chi connectivity index (χ1) is 15.9. The molecule has 0 saturated heterocycles. The monoisotopic (exact) mass is 484 g/mol. The van der Waals surface area contributed by atoms with Gasteiger partial charge in [0.1, 0.15) is 24.2 Å². The van der Waals surface area contributed by atoms with Crippen molar-refractivity contribution in [2.45, 2.75) is 49.9 Å². The molecule has 34 heavy (non-hydrogen) atoms. The van der Waals surface area contributed by atoms with Crippen LogP contribution in [0, 0.1) is 0 Å². The molecule has 0 saturated carbocycles. The summed E-state index contributed by atoms with van der Waals surface area (Å²) >= 11 is 0. The highest BCUT2D eigenvalue weighted by molar-refractivity contribution is 5.95. The van der Waals surface area contributed by atoms with Crippen molar-refractivity contribution in [3.63, 3.8) is 0 Å². The first-order valence-corrected chi connectivity index (χ1v) is 9.98. The third-order valence-corrected chi connectivity index (χ3v) is 4.48. The molecule has 0 aromatic carbocycles. The van der Waals surface area contributed by atoms with Crippen LogP contribution in [-0.2, 0) is 35.2 Å². The quantitative estimate of drug-likeness (QED) is 0.114. The van der Waals surface area contributed by atoms with Gasteiger partial charge in [-0.25, -0.2) is 9.78 Å². The number of hydrogen-bond donors (Lipinski definition) is 9. The van der Waals surface area contributed by atoms with E-state index >= 15 is 0 Å². The van der Waals surface area contributed by atoms with Crippen LogP contribution in [0.25, 0.3) is 0 Å². The maximum atomic E-state index is 12.9. The molecule has 16 heteroatoms. The highest BCUT2D eigenvalue weighted by Gasteiger charge is 2.31. The number of aliphatic hydroxyl groups is 1. The summed E-state index contributed by atoms with van der Waals surface area (Å²) in [5.41, 5.74) is 16.0. The Morgan fingerprint density at radius 2 is 1.53 bits per heavy atom. The van der Waals surface area contributed by atoms with E-state index in [0.717, 1.165) is 0 Å². The van der Waals surface area contributed by atoms with Gasteiger partial charge in [0.2, 0.25) is 29.5 Å². The van der Waals surface area contributed by atoms with Gasteiger partial charge in [0.25, 0.3) is 0 Å². The van der Waals surface area contributed by atoms with E-state index in [1.165, 1.54) is 12.5 Å². The minimum absolute atomic E-state index is 0.112. The maximum absolute atomic E-state index is 12.9. The van der Waals surface area contributed by atoms with Crippen molar-refractivity contribution in [1.29, 1.82) is 0 Å². The number of aromatic nitrogens is 2. The van der Waals surface area contributed by atoms with Crippen molar-refractivity contribution in [3.05, 3.63) is 18.2 Å². The fourth-order valence-electron chi connectivity index (χ4n) is 2.69. The fourth-order valence-corrected chi connectivity index (χ4v) is 2.69. The van der Waals surface area contributed by atoms with E-state index in [1.807, 2.05) is 0 Å². The largest absolute Gasteiger partial charge is 0.480 e. The molecule has 1 aromatic rings. The molecular weight excluding hydrogens is 456 g/mol. The van der Waals surface area contributed by atoms with Crippen LogP contribution in [0.3, 0.4) is 0 Å². The number of hydrogen-bond acceptors (Lipinski definition) is 9. The molecule has 0 aliphatic carbocycles. The highest BCUT2D eigenvalue weighted by Crippen LogP contribution is 2.04. The highest BCUT2D eigenvalue weighted by atomic mass is 16.4. The van der Waals surface area contributed by atoms with Gasteiger partial charge in [-0.05, 0) is 6.42 Å². The van der Waals surface area contributed by atoms with Crippen LogP contribution in [0.5, 0.6) is 0 Å². The second kappa shape index (κ2) is 13.5. The molecule has 188 valence electrons. The van der Waals surface area contributed by atoms with E-state index < -0.39 is 72.7 Å². The average Bonchev–Trinajstić information content (AvgIpc) is 3.27. The van der Waals surface area contributed by atoms with Crippen LogP contribution in [0.2, 0.25) is 0 Å². The summed E-state index contributed by atoms with van der Waals surface area (Å²) in [7, 11) is 0. The van der Waals surface area contributed by atoms with Crippen LogP contribution >= 0.6 is 0 Å². The lowest BCUT2D eigenvalue weighted by molar-refractivity contribution is -0.144. The van der Waals surface area contributed by atoms with Crippen LogP contribution in [0.15, 0.2) is 12.5 Å². The number of aliphatic hydroxyl groups excluding tert-OH is 1. The van der Waals surface area contributed by atoms with Gasteiger partial charge < -0.3 is 48.3 Å². The Morgan fingerprint density at radius 3 is 2.03 bits per heavy atom. The summed E-state index contributed by atoms with van der Waals surface area (Å²) in [5.74, 6) is -6.10. The Balaban J connectivity index is 3.07. The van der Waals surface area contributed by atoms with E-state index in [-0.39, 0.29) is 19.3 Å².